The van der Waals surface area contributed by atoms with E-state index in [0.717, 1.165) is 36.2 Å². The molecule has 3 aliphatic carbocycles. The van der Waals surface area contributed by atoms with E-state index in [4.69, 9.17) is 5.73 Å². The van der Waals surface area contributed by atoms with Gasteiger partial charge in [-0.2, -0.15) is 0 Å². The number of likely N-dealkylation sites (N-methyl/N-ethyl adjacent to an activating group) is 1. The van der Waals surface area contributed by atoms with Crippen LogP contribution in [0.1, 0.15) is 57.2 Å². The van der Waals surface area contributed by atoms with E-state index < -0.39 is 23.3 Å². The van der Waals surface area contributed by atoms with E-state index in [1.807, 2.05) is 58.0 Å². The van der Waals surface area contributed by atoms with Gasteiger partial charge in [0.2, 0.25) is 5.91 Å². The highest BCUT2D eigenvalue weighted by Gasteiger charge is 2.61. The van der Waals surface area contributed by atoms with E-state index in [0.29, 0.717) is 24.0 Å². The third-order valence-electron chi connectivity index (χ3n) is 10.6. The molecule has 44 heavy (non-hydrogen) atoms. The van der Waals surface area contributed by atoms with Crippen LogP contribution in [0.4, 0.5) is 0 Å². The average Bonchev–Trinajstić information content (AvgIpc) is 2.92. The van der Waals surface area contributed by atoms with Crippen LogP contribution in [0, 0.1) is 29.1 Å². The summed E-state index contributed by atoms with van der Waals surface area (Å²) in [5.41, 5.74) is 9.41. The summed E-state index contributed by atoms with van der Waals surface area (Å²) >= 11 is 0. The van der Waals surface area contributed by atoms with Crippen LogP contribution in [0.3, 0.4) is 0 Å². The van der Waals surface area contributed by atoms with Crippen molar-refractivity contribution in [3.05, 3.63) is 70.0 Å². The molecule has 0 radical (unpaired) electrons. The van der Waals surface area contributed by atoms with Gasteiger partial charge in [-0.3, -0.25) is 14.5 Å². The van der Waals surface area contributed by atoms with Crippen LogP contribution in [0.5, 0.6) is 5.75 Å². The Morgan fingerprint density at radius 3 is 2.43 bits per heavy atom. The standard InChI is InChI=1S/C36H47N3O5/c1-8-14-39(7)18-20-10-9-11-21(15-20)23-12-13-26(40)28-24(23)16-22-17-25-29(33(42)27(22)32(28)41)36(4,19(2)3)30(35(37)44)34(43)31(25)38(5)6/h9-13,15,19,22,25,29,31,40-41,43H,8,14,16-18H2,1-7H3,(H2,37,44)/t22?,25?,29?,31-,36?/m0/s1. The van der Waals surface area contributed by atoms with E-state index in [1.165, 1.54) is 5.56 Å². The number of nitrogens with zero attached hydrogens (tertiary/aromatic N) is 2. The molecule has 5 atom stereocenters. The van der Waals surface area contributed by atoms with Crippen molar-refractivity contribution in [2.45, 2.75) is 59.5 Å². The molecule has 2 aromatic rings. The first-order valence-electron chi connectivity index (χ1n) is 15.7. The van der Waals surface area contributed by atoms with Gasteiger partial charge in [0.1, 0.15) is 17.3 Å². The number of carbonyl (C=O) groups excluding carboxylic acids is 2. The minimum atomic E-state index is -1.04. The Bertz CT molecular complexity index is 1560. The van der Waals surface area contributed by atoms with Gasteiger partial charge in [-0.25, -0.2) is 0 Å². The summed E-state index contributed by atoms with van der Waals surface area (Å²) in [5, 5.41) is 34.5. The summed E-state index contributed by atoms with van der Waals surface area (Å²) in [6.07, 6.45) is 2.05. The van der Waals surface area contributed by atoms with Gasteiger partial charge in [-0.05, 0) is 99.1 Å². The normalized spacial score (nSPS) is 26.7. The number of aliphatic hydroxyl groups is 2. The number of rotatable bonds is 8. The number of allylic oxidation sites excluding steroid dienone is 1. The average molecular weight is 602 g/mol. The molecule has 236 valence electrons. The van der Waals surface area contributed by atoms with Crippen LogP contribution in [0.25, 0.3) is 16.9 Å². The number of carbonyl (C=O) groups is 2. The maximum Gasteiger partial charge on any atom is 0.248 e. The van der Waals surface area contributed by atoms with Crippen LogP contribution in [-0.2, 0) is 22.6 Å². The smallest absolute Gasteiger partial charge is 0.248 e. The van der Waals surface area contributed by atoms with Crippen molar-refractivity contribution in [1.82, 2.24) is 9.80 Å². The summed E-state index contributed by atoms with van der Waals surface area (Å²) in [6, 6.07) is 11.2. The second-order valence-corrected chi connectivity index (χ2v) is 13.8. The molecule has 0 bridgehead atoms. The van der Waals surface area contributed by atoms with Gasteiger partial charge < -0.3 is 26.0 Å². The highest BCUT2D eigenvalue weighted by atomic mass is 16.3. The lowest BCUT2D eigenvalue weighted by Gasteiger charge is -2.55. The molecule has 0 aromatic heterocycles. The molecule has 3 aliphatic rings. The van der Waals surface area contributed by atoms with Crippen LogP contribution in [0.15, 0.2) is 53.3 Å². The quantitative estimate of drug-likeness (QED) is 0.317. The lowest BCUT2D eigenvalue weighted by Crippen LogP contribution is -2.60. The van der Waals surface area contributed by atoms with Crippen molar-refractivity contribution in [2.75, 3.05) is 27.7 Å². The molecule has 1 amide bonds. The number of Topliss-reactive ketones (excluding diaryl/α,β-unsaturated/α-hetero) is 1. The topological polar surface area (TPSA) is 127 Å². The number of phenols is 1. The molecule has 5 rings (SSSR count). The predicted octanol–water partition coefficient (Wildman–Crippen LogP) is 5.45. The molecule has 0 heterocycles. The zero-order chi connectivity index (χ0) is 32.2. The summed E-state index contributed by atoms with van der Waals surface area (Å²) in [7, 11) is 5.77. The van der Waals surface area contributed by atoms with Crippen molar-refractivity contribution in [1.29, 1.82) is 0 Å². The molecule has 8 nitrogen and oxygen atoms in total. The Balaban J connectivity index is 1.66. The van der Waals surface area contributed by atoms with Gasteiger partial charge >= 0.3 is 0 Å². The fraction of sp³-hybridized carbons (Fsp3) is 0.500. The van der Waals surface area contributed by atoms with Gasteiger partial charge in [-0.1, -0.05) is 52.0 Å². The Morgan fingerprint density at radius 2 is 1.82 bits per heavy atom. The van der Waals surface area contributed by atoms with Gasteiger partial charge in [-0.15, -0.1) is 0 Å². The number of fused-ring (bicyclic) bond motifs is 3. The van der Waals surface area contributed by atoms with Crippen LogP contribution < -0.4 is 5.73 Å². The van der Waals surface area contributed by atoms with Gasteiger partial charge in [0.05, 0.1) is 17.2 Å². The number of ketones is 1. The highest BCUT2D eigenvalue weighted by Crippen LogP contribution is 2.59. The monoisotopic (exact) mass is 601 g/mol. The van der Waals surface area contributed by atoms with E-state index in [-0.39, 0.29) is 46.4 Å². The van der Waals surface area contributed by atoms with Crippen molar-refractivity contribution < 1.29 is 24.9 Å². The molecule has 1 saturated carbocycles. The molecular weight excluding hydrogens is 554 g/mol. The number of phenolic OH excluding ortho intramolecular Hbond substituents is 1. The number of nitrogens with two attached hydrogens (primary N) is 1. The molecule has 0 aliphatic heterocycles. The summed E-state index contributed by atoms with van der Waals surface area (Å²) in [4.78, 5) is 31.7. The SMILES string of the molecule is CCCN(C)Cc1cccc(-c2ccc(O)c3c2CC2CC4C(C(=O)C2=C3O)C(C)(C(C)C)C(C(N)=O)=C(O)[C@H]4N(C)C)c1. The minimum Gasteiger partial charge on any atom is -0.510 e. The first-order chi connectivity index (χ1) is 20.7. The molecule has 0 spiro atoms. The maximum absolute atomic E-state index is 14.7. The highest BCUT2D eigenvalue weighted by molar-refractivity contribution is 6.08. The Kier molecular flexibility index (Phi) is 8.46. The summed E-state index contributed by atoms with van der Waals surface area (Å²) in [5.74, 6) is -2.83. The summed E-state index contributed by atoms with van der Waals surface area (Å²) in [6.45, 7) is 9.66. The first-order valence-corrected chi connectivity index (χ1v) is 15.7. The third kappa shape index (κ3) is 4.92. The number of amides is 1. The molecule has 4 unspecified atom stereocenters. The maximum atomic E-state index is 14.7. The van der Waals surface area contributed by atoms with Crippen LogP contribution in [0.2, 0.25) is 0 Å². The Hall–Kier alpha value is -3.62. The lowest BCUT2D eigenvalue weighted by atomic mass is 9.49. The number of primary amides is 1. The number of aromatic hydroxyl groups is 1. The number of hydrogen-bond donors (Lipinski definition) is 4. The molecule has 2 aromatic carbocycles. The fourth-order valence-corrected chi connectivity index (χ4v) is 8.49. The molecule has 5 N–H and O–H groups in total. The molecule has 0 saturated heterocycles. The van der Waals surface area contributed by atoms with E-state index in [2.05, 4.69) is 31.0 Å². The molecule has 8 heteroatoms. The second kappa shape index (κ2) is 11.7. The van der Waals surface area contributed by atoms with Crippen molar-refractivity contribution in [3.63, 3.8) is 0 Å². The lowest BCUT2D eigenvalue weighted by molar-refractivity contribution is -0.134. The largest absolute Gasteiger partial charge is 0.510 e. The summed E-state index contributed by atoms with van der Waals surface area (Å²) < 4.78 is 0. The Labute approximate surface area is 260 Å². The van der Waals surface area contributed by atoms with Gasteiger partial charge in [0.15, 0.2) is 5.78 Å². The molecular formula is C36H47N3O5. The van der Waals surface area contributed by atoms with E-state index in [1.54, 1.807) is 6.07 Å². The first kappa shape index (κ1) is 31.8. The van der Waals surface area contributed by atoms with Crippen LogP contribution in [-0.4, -0.2) is 70.5 Å². The van der Waals surface area contributed by atoms with Crippen molar-refractivity contribution in [3.8, 4) is 16.9 Å². The zero-order valence-electron chi connectivity index (χ0n) is 27.0. The van der Waals surface area contributed by atoms with E-state index in [9.17, 15) is 24.9 Å². The zero-order valence-corrected chi connectivity index (χ0v) is 27.0. The Morgan fingerprint density at radius 1 is 1.11 bits per heavy atom. The minimum absolute atomic E-state index is 0.0659. The van der Waals surface area contributed by atoms with Gasteiger partial charge in [0, 0.05) is 23.5 Å². The molecule has 1 fully saturated rings. The fourth-order valence-electron chi connectivity index (χ4n) is 8.49. The van der Waals surface area contributed by atoms with Crippen LogP contribution >= 0.6 is 0 Å². The van der Waals surface area contributed by atoms with Crippen molar-refractivity contribution >= 4 is 17.4 Å². The predicted molar refractivity (Wildman–Crippen MR) is 173 cm³/mol. The number of hydrogen-bond acceptors (Lipinski definition) is 7. The number of aliphatic hydroxyl groups excluding tert-OH is 2. The third-order valence-corrected chi connectivity index (χ3v) is 10.6. The second-order valence-electron chi connectivity index (χ2n) is 13.8. The number of benzene rings is 2. The van der Waals surface area contributed by atoms with Crippen molar-refractivity contribution in [2.24, 2.45) is 34.8 Å². The van der Waals surface area contributed by atoms with Gasteiger partial charge in [0.25, 0.3) is 0 Å². The van der Waals surface area contributed by atoms with E-state index >= 15 is 0 Å².